The van der Waals surface area contributed by atoms with Crippen LogP contribution in [0.5, 0.6) is 0 Å². The maximum absolute atomic E-state index is 12.3. The van der Waals surface area contributed by atoms with Crippen LogP contribution >= 0.6 is 11.3 Å². The summed E-state index contributed by atoms with van der Waals surface area (Å²) in [5.74, 6) is -0.320. The fourth-order valence-corrected chi connectivity index (χ4v) is 3.69. The van der Waals surface area contributed by atoms with Gasteiger partial charge in [0.25, 0.3) is 5.91 Å². The van der Waals surface area contributed by atoms with E-state index in [1.165, 1.54) is 11.3 Å². The summed E-state index contributed by atoms with van der Waals surface area (Å²) in [6, 6.07) is 17.8. The second-order valence-corrected chi connectivity index (χ2v) is 7.26. The zero-order valence-electron chi connectivity index (χ0n) is 15.7. The zero-order valence-corrected chi connectivity index (χ0v) is 16.6. The van der Waals surface area contributed by atoms with E-state index in [0.717, 1.165) is 35.2 Å². The molecule has 1 aromatic heterocycles. The molecule has 0 unspecified atom stereocenters. The normalized spacial score (nSPS) is 14.1. The number of nitrogens with one attached hydrogen (secondary N) is 2. The topological polar surface area (TPSA) is 78.9 Å². The van der Waals surface area contributed by atoms with Crippen molar-refractivity contribution in [2.75, 3.05) is 36.5 Å². The number of aromatic nitrogens is 1. The number of para-hydroxylation sites is 1. The van der Waals surface area contributed by atoms with Crippen molar-refractivity contribution in [1.82, 2.24) is 10.4 Å². The van der Waals surface area contributed by atoms with Gasteiger partial charge in [-0.25, -0.2) is 10.4 Å². The predicted molar refractivity (Wildman–Crippen MR) is 116 cm³/mol. The van der Waals surface area contributed by atoms with Gasteiger partial charge in [0.1, 0.15) is 5.69 Å². The van der Waals surface area contributed by atoms with Gasteiger partial charge in [0.05, 0.1) is 19.4 Å². The van der Waals surface area contributed by atoms with Gasteiger partial charge in [0.2, 0.25) is 0 Å². The number of carbonyl (C=O) groups excluding carboxylic acids is 1. The Morgan fingerprint density at radius 1 is 1.07 bits per heavy atom. The maximum atomic E-state index is 12.3. The van der Waals surface area contributed by atoms with E-state index in [4.69, 9.17) is 4.74 Å². The molecule has 1 saturated heterocycles. The largest absolute Gasteiger partial charge is 0.378 e. The van der Waals surface area contributed by atoms with E-state index in [9.17, 15) is 4.79 Å². The maximum Gasteiger partial charge on any atom is 0.290 e. The quantitative estimate of drug-likeness (QED) is 0.483. The van der Waals surface area contributed by atoms with Gasteiger partial charge in [-0.3, -0.25) is 4.79 Å². The van der Waals surface area contributed by atoms with Crippen LogP contribution in [0.4, 0.5) is 16.5 Å². The minimum Gasteiger partial charge on any atom is -0.378 e. The Kier molecular flexibility index (Phi) is 6.13. The molecule has 1 amide bonds. The van der Waals surface area contributed by atoms with Crippen LogP contribution in [0.3, 0.4) is 0 Å². The van der Waals surface area contributed by atoms with Crippen LogP contribution in [0.15, 0.2) is 65.1 Å². The molecule has 7 nitrogen and oxygen atoms in total. The molecule has 148 valence electrons. The average Bonchev–Trinajstić information content (AvgIpc) is 3.27. The highest BCUT2D eigenvalue weighted by Gasteiger charge is 2.17. The predicted octanol–water partition coefficient (Wildman–Crippen LogP) is 3.49. The van der Waals surface area contributed by atoms with Crippen LogP contribution in [-0.2, 0) is 4.74 Å². The average molecular weight is 407 g/mol. The van der Waals surface area contributed by atoms with Crippen LogP contribution in [0.25, 0.3) is 0 Å². The number of hydrogen-bond donors (Lipinski definition) is 2. The van der Waals surface area contributed by atoms with E-state index in [1.807, 2.05) is 54.6 Å². The van der Waals surface area contributed by atoms with Crippen LogP contribution in [-0.4, -0.2) is 43.4 Å². The first kappa shape index (κ1) is 19.1. The lowest BCUT2D eigenvalue weighted by molar-refractivity contribution is 0.0951. The standard InChI is InChI=1S/C21H21N5O2S/c27-20(19-15-29-21(24-19)26-10-12-28-13-11-26)25-22-14-16-6-8-18(9-7-16)23-17-4-2-1-3-5-17/h1-9,14-15,23H,10-13H2,(H,25,27)/b22-14-. The van der Waals surface area contributed by atoms with Crippen molar-refractivity contribution >= 4 is 40.0 Å². The molecule has 0 radical (unpaired) electrons. The first-order valence-electron chi connectivity index (χ1n) is 9.32. The van der Waals surface area contributed by atoms with E-state index in [0.29, 0.717) is 18.9 Å². The lowest BCUT2D eigenvalue weighted by Crippen LogP contribution is -2.36. The number of carbonyl (C=O) groups is 1. The van der Waals surface area contributed by atoms with E-state index in [-0.39, 0.29) is 5.91 Å². The third-order valence-electron chi connectivity index (χ3n) is 4.36. The molecule has 3 aromatic rings. The van der Waals surface area contributed by atoms with Crippen LogP contribution in [0, 0.1) is 0 Å². The summed E-state index contributed by atoms with van der Waals surface area (Å²) in [5.41, 5.74) is 5.80. The van der Waals surface area contributed by atoms with E-state index in [2.05, 4.69) is 25.7 Å². The molecular formula is C21H21N5O2S. The highest BCUT2D eigenvalue weighted by molar-refractivity contribution is 7.13. The highest BCUT2D eigenvalue weighted by atomic mass is 32.1. The molecular weight excluding hydrogens is 386 g/mol. The number of benzene rings is 2. The summed E-state index contributed by atoms with van der Waals surface area (Å²) in [6.45, 7) is 2.96. The third kappa shape index (κ3) is 5.18. The first-order valence-corrected chi connectivity index (χ1v) is 10.2. The van der Waals surface area contributed by atoms with Crippen LogP contribution < -0.4 is 15.6 Å². The Labute approximate surface area is 173 Å². The Bertz CT molecular complexity index is 966. The summed E-state index contributed by atoms with van der Waals surface area (Å²) in [6.07, 6.45) is 1.61. The van der Waals surface area contributed by atoms with Gasteiger partial charge in [-0.05, 0) is 29.8 Å². The van der Waals surface area contributed by atoms with E-state index >= 15 is 0 Å². The lowest BCUT2D eigenvalue weighted by atomic mass is 10.2. The van der Waals surface area contributed by atoms with Gasteiger partial charge in [-0.2, -0.15) is 5.10 Å². The number of morpholine rings is 1. The molecule has 1 fully saturated rings. The summed E-state index contributed by atoms with van der Waals surface area (Å²) in [4.78, 5) is 18.8. The van der Waals surface area contributed by atoms with E-state index in [1.54, 1.807) is 11.6 Å². The molecule has 4 rings (SSSR count). The Balaban J connectivity index is 1.30. The van der Waals surface area contributed by atoms with Crippen LogP contribution in [0.2, 0.25) is 0 Å². The molecule has 1 aliphatic heterocycles. The number of thiazole rings is 1. The fraction of sp³-hybridized carbons (Fsp3) is 0.190. The van der Waals surface area contributed by atoms with Crippen molar-refractivity contribution in [3.05, 3.63) is 71.2 Å². The molecule has 2 N–H and O–H groups in total. The summed E-state index contributed by atoms with van der Waals surface area (Å²) in [7, 11) is 0. The zero-order chi connectivity index (χ0) is 19.9. The molecule has 0 bridgehead atoms. The SMILES string of the molecule is O=C(N/N=C\c1ccc(Nc2ccccc2)cc1)c1csc(N2CCOCC2)n1. The van der Waals surface area contributed by atoms with E-state index < -0.39 is 0 Å². The van der Waals surface area contributed by atoms with Gasteiger partial charge >= 0.3 is 0 Å². The van der Waals surface area contributed by atoms with Gasteiger partial charge in [-0.1, -0.05) is 30.3 Å². The van der Waals surface area contributed by atoms with Crippen molar-refractivity contribution in [2.24, 2.45) is 5.10 Å². The summed E-state index contributed by atoms with van der Waals surface area (Å²) < 4.78 is 5.34. The minimum atomic E-state index is -0.320. The smallest absolute Gasteiger partial charge is 0.290 e. The number of ether oxygens (including phenoxy) is 1. The number of hydrazone groups is 1. The number of nitrogens with zero attached hydrogens (tertiary/aromatic N) is 3. The number of amides is 1. The molecule has 1 aliphatic rings. The number of anilines is 3. The second kappa shape index (κ2) is 9.31. The number of rotatable bonds is 6. The molecule has 2 heterocycles. The van der Waals surface area contributed by atoms with Gasteiger partial charge < -0.3 is 15.0 Å². The van der Waals surface area contributed by atoms with Crippen molar-refractivity contribution in [2.45, 2.75) is 0 Å². The van der Waals surface area contributed by atoms with Gasteiger partial charge in [0.15, 0.2) is 5.13 Å². The Morgan fingerprint density at radius 2 is 1.79 bits per heavy atom. The molecule has 2 aromatic carbocycles. The minimum absolute atomic E-state index is 0.320. The summed E-state index contributed by atoms with van der Waals surface area (Å²) in [5, 5.41) is 9.95. The molecule has 8 heteroatoms. The fourth-order valence-electron chi connectivity index (χ4n) is 2.83. The van der Waals surface area contributed by atoms with Gasteiger partial charge in [0, 0.05) is 29.8 Å². The Morgan fingerprint density at radius 3 is 2.55 bits per heavy atom. The monoisotopic (exact) mass is 407 g/mol. The van der Waals surface area contributed by atoms with Crippen molar-refractivity contribution < 1.29 is 9.53 Å². The van der Waals surface area contributed by atoms with Gasteiger partial charge in [-0.15, -0.1) is 11.3 Å². The highest BCUT2D eigenvalue weighted by Crippen LogP contribution is 2.21. The lowest BCUT2D eigenvalue weighted by Gasteiger charge is -2.25. The van der Waals surface area contributed by atoms with Crippen molar-refractivity contribution in [3.8, 4) is 0 Å². The van der Waals surface area contributed by atoms with Crippen molar-refractivity contribution in [3.63, 3.8) is 0 Å². The molecule has 0 saturated carbocycles. The van der Waals surface area contributed by atoms with Crippen molar-refractivity contribution in [1.29, 1.82) is 0 Å². The first-order chi connectivity index (χ1) is 14.3. The Hall–Kier alpha value is -3.23. The second-order valence-electron chi connectivity index (χ2n) is 6.43. The number of hydrogen-bond acceptors (Lipinski definition) is 7. The molecule has 0 atom stereocenters. The molecule has 0 spiro atoms. The van der Waals surface area contributed by atoms with Crippen LogP contribution in [0.1, 0.15) is 16.1 Å². The third-order valence-corrected chi connectivity index (χ3v) is 5.26. The molecule has 0 aliphatic carbocycles. The summed E-state index contributed by atoms with van der Waals surface area (Å²) >= 11 is 1.46. The molecule has 29 heavy (non-hydrogen) atoms.